The second-order valence-electron chi connectivity index (χ2n) is 3.41. The molecule has 16 heavy (non-hydrogen) atoms. The van der Waals surface area contributed by atoms with Gasteiger partial charge in [-0.15, -0.1) is 0 Å². The topological polar surface area (TPSA) is 39.2 Å². The third-order valence-corrected chi connectivity index (χ3v) is 3.46. The quantitative estimate of drug-likeness (QED) is 0.889. The standard InChI is InChI=1S/C12H12FNOS/c1-8-11(4-5-15-8)16-12-3-2-9(7-14)6-10(12)13/h2-6H,7,14H2,1H3. The van der Waals surface area contributed by atoms with E-state index in [2.05, 4.69) is 0 Å². The number of benzene rings is 1. The smallest absolute Gasteiger partial charge is 0.137 e. The van der Waals surface area contributed by atoms with Crippen molar-refractivity contribution in [1.82, 2.24) is 0 Å². The molecule has 4 heteroatoms. The maximum absolute atomic E-state index is 13.7. The molecule has 0 saturated heterocycles. The maximum Gasteiger partial charge on any atom is 0.137 e. The lowest BCUT2D eigenvalue weighted by molar-refractivity contribution is 0.526. The highest BCUT2D eigenvalue weighted by Gasteiger charge is 2.08. The monoisotopic (exact) mass is 237 g/mol. The van der Waals surface area contributed by atoms with Gasteiger partial charge in [0.1, 0.15) is 11.6 Å². The first-order valence-electron chi connectivity index (χ1n) is 4.91. The zero-order valence-electron chi connectivity index (χ0n) is 8.87. The molecule has 0 aliphatic heterocycles. The van der Waals surface area contributed by atoms with Crippen LogP contribution in [0.2, 0.25) is 0 Å². The van der Waals surface area contributed by atoms with Crippen LogP contribution in [0.3, 0.4) is 0 Å². The van der Waals surface area contributed by atoms with Crippen molar-refractivity contribution in [1.29, 1.82) is 0 Å². The highest BCUT2D eigenvalue weighted by molar-refractivity contribution is 7.99. The summed E-state index contributed by atoms with van der Waals surface area (Å²) < 4.78 is 18.8. The number of halogens is 1. The van der Waals surface area contributed by atoms with Crippen LogP contribution in [-0.4, -0.2) is 0 Å². The molecule has 2 nitrogen and oxygen atoms in total. The van der Waals surface area contributed by atoms with Crippen LogP contribution in [0.5, 0.6) is 0 Å². The highest BCUT2D eigenvalue weighted by atomic mass is 32.2. The lowest BCUT2D eigenvalue weighted by atomic mass is 10.2. The van der Waals surface area contributed by atoms with Crippen molar-refractivity contribution in [2.45, 2.75) is 23.3 Å². The Morgan fingerprint density at radius 3 is 2.69 bits per heavy atom. The Hall–Kier alpha value is -1.26. The summed E-state index contributed by atoms with van der Waals surface area (Å²) in [6.45, 7) is 2.21. The summed E-state index contributed by atoms with van der Waals surface area (Å²) in [4.78, 5) is 1.51. The molecule has 1 aromatic carbocycles. The van der Waals surface area contributed by atoms with Crippen molar-refractivity contribution < 1.29 is 8.81 Å². The fourth-order valence-electron chi connectivity index (χ4n) is 1.35. The van der Waals surface area contributed by atoms with Crippen molar-refractivity contribution in [3.05, 3.63) is 47.7 Å². The van der Waals surface area contributed by atoms with Crippen LogP contribution < -0.4 is 5.73 Å². The minimum atomic E-state index is -0.242. The second-order valence-corrected chi connectivity index (χ2v) is 4.50. The van der Waals surface area contributed by atoms with Gasteiger partial charge < -0.3 is 10.2 Å². The van der Waals surface area contributed by atoms with Crippen LogP contribution in [0.15, 0.2) is 44.7 Å². The van der Waals surface area contributed by atoms with E-state index in [1.54, 1.807) is 12.3 Å². The summed E-state index contributed by atoms with van der Waals surface area (Å²) >= 11 is 1.36. The lowest BCUT2D eigenvalue weighted by Crippen LogP contribution is -1.96. The van der Waals surface area contributed by atoms with Gasteiger partial charge in [-0.1, -0.05) is 17.8 Å². The van der Waals surface area contributed by atoms with E-state index in [-0.39, 0.29) is 5.82 Å². The molecule has 84 valence electrons. The molecule has 0 unspecified atom stereocenters. The van der Waals surface area contributed by atoms with Gasteiger partial charge in [-0.05, 0) is 30.7 Å². The van der Waals surface area contributed by atoms with Crippen LogP contribution >= 0.6 is 11.8 Å². The number of nitrogens with two attached hydrogens (primary N) is 1. The maximum atomic E-state index is 13.7. The molecule has 2 N–H and O–H groups in total. The fourth-order valence-corrected chi connectivity index (χ4v) is 2.20. The van der Waals surface area contributed by atoms with E-state index in [1.807, 2.05) is 19.1 Å². The van der Waals surface area contributed by atoms with Gasteiger partial charge in [0.25, 0.3) is 0 Å². The molecule has 1 aromatic heterocycles. The Bertz CT molecular complexity index is 496. The first-order valence-corrected chi connectivity index (χ1v) is 5.73. The number of aryl methyl sites for hydroxylation is 1. The zero-order valence-corrected chi connectivity index (χ0v) is 9.68. The number of rotatable bonds is 3. The second kappa shape index (κ2) is 4.72. The lowest BCUT2D eigenvalue weighted by Gasteiger charge is -2.03. The molecular formula is C12H12FNOS. The Kier molecular flexibility index (Phi) is 3.31. The molecule has 0 atom stereocenters. The predicted octanol–water partition coefficient (Wildman–Crippen LogP) is 3.34. The zero-order chi connectivity index (χ0) is 11.5. The predicted molar refractivity (Wildman–Crippen MR) is 61.9 cm³/mol. The molecule has 2 rings (SSSR count). The molecule has 1 heterocycles. The van der Waals surface area contributed by atoms with Crippen LogP contribution in [0.1, 0.15) is 11.3 Å². The summed E-state index contributed by atoms with van der Waals surface area (Å²) in [6, 6.07) is 6.88. The molecular weight excluding hydrogens is 225 g/mol. The third-order valence-electron chi connectivity index (χ3n) is 2.26. The molecule has 0 amide bonds. The first-order chi connectivity index (χ1) is 7.70. The van der Waals surface area contributed by atoms with Gasteiger partial charge in [0.2, 0.25) is 0 Å². The van der Waals surface area contributed by atoms with Crippen molar-refractivity contribution in [3.8, 4) is 0 Å². The Balaban J connectivity index is 2.25. The van der Waals surface area contributed by atoms with Gasteiger partial charge in [0, 0.05) is 11.4 Å². The van der Waals surface area contributed by atoms with Gasteiger partial charge in [0.05, 0.1) is 11.2 Å². The molecule has 0 bridgehead atoms. The summed E-state index contributed by atoms with van der Waals surface area (Å²) in [5, 5.41) is 0. The molecule has 0 spiro atoms. The third kappa shape index (κ3) is 2.28. The summed E-state index contributed by atoms with van der Waals surface area (Å²) in [5.74, 6) is 0.556. The average molecular weight is 237 g/mol. The molecule has 0 radical (unpaired) electrons. The van der Waals surface area contributed by atoms with Crippen LogP contribution in [-0.2, 0) is 6.54 Å². The van der Waals surface area contributed by atoms with Gasteiger partial charge in [0.15, 0.2) is 0 Å². The Labute approximate surface area is 97.6 Å². The molecule has 0 aliphatic rings. The summed E-state index contributed by atoms with van der Waals surface area (Å²) in [5.41, 5.74) is 6.24. The molecule has 0 saturated carbocycles. The SMILES string of the molecule is Cc1occc1Sc1ccc(CN)cc1F. The van der Waals surface area contributed by atoms with Gasteiger partial charge in [-0.3, -0.25) is 0 Å². The van der Waals surface area contributed by atoms with E-state index in [1.165, 1.54) is 17.8 Å². The van der Waals surface area contributed by atoms with Gasteiger partial charge in [-0.25, -0.2) is 4.39 Å². The minimum Gasteiger partial charge on any atom is -0.468 e. The van der Waals surface area contributed by atoms with Crippen molar-refractivity contribution in [2.75, 3.05) is 0 Å². The summed E-state index contributed by atoms with van der Waals surface area (Å²) in [7, 11) is 0. The van der Waals surface area contributed by atoms with E-state index >= 15 is 0 Å². The highest BCUT2D eigenvalue weighted by Crippen LogP contribution is 2.32. The fraction of sp³-hybridized carbons (Fsp3) is 0.167. The van der Waals surface area contributed by atoms with Crippen LogP contribution in [0.25, 0.3) is 0 Å². The van der Waals surface area contributed by atoms with Gasteiger partial charge >= 0.3 is 0 Å². The molecule has 0 fully saturated rings. The van der Waals surface area contributed by atoms with Crippen LogP contribution in [0, 0.1) is 12.7 Å². The minimum absolute atomic E-state index is 0.242. The molecule has 0 aliphatic carbocycles. The van der Waals surface area contributed by atoms with Crippen molar-refractivity contribution in [2.24, 2.45) is 5.73 Å². The van der Waals surface area contributed by atoms with E-state index < -0.39 is 0 Å². The largest absolute Gasteiger partial charge is 0.468 e. The number of hydrogen-bond donors (Lipinski definition) is 1. The van der Waals surface area contributed by atoms with Crippen LogP contribution in [0.4, 0.5) is 4.39 Å². The van der Waals surface area contributed by atoms with E-state index in [0.29, 0.717) is 11.4 Å². The summed E-state index contributed by atoms with van der Waals surface area (Å²) in [6.07, 6.45) is 1.60. The molecule has 2 aromatic rings. The normalized spacial score (nSPS) is 10.7. The number of furan rings is 1. The van der Waals surface area contributed by atoms with Crippen molar-refractivity contribution in [3.63, 3.8) is 0 Å². The van der Waals surface area contributed by atoms with E-state index in [9.17, 15) is 4.39 Å². The van der Waals surface area contributed by atoms with E-state index in [4.69, 9.17) is 10.2 Å². The first kappa shape index (κ1) is 11.2. The van der Waals surface area contributed by atoms with Gasteiger partial charge in [-0.2, -0.15) is 0 Å². The Morgan fingerprint density at radius 2 is 2.12 bits per heavy atom. The Morgan fingerprint density at radius 1 is 1.31 bits per heavy atom. The van der Waals surface area contributed by atoms with E-state index in [0.717, 1.165) is 16.2 Å². The average Bonchev–Trinajstić information content (AvgIpc) is 2.67. The number of hydrogen-bond acceptors (Lipinski definition) is 3. The van der Waals surface area contributed by atoms with Crippen molar-refractivity contribution >= 4 is 11.8 Å².